The van der Waals surface area contributed by atoms with Gasteiger partial charge in [-0.3, -0.25) is 19.3 Å². The highest BCUT2D eigenvalue weighted by atomic mass is 35.5. The van der Waals surface area contributed by atoms with Crippen LogP contribution in [0.25, 0.3) is 0 Å². The van der Waals surface area contributed by atoms with E-state index >= 15 is 0 Å². The predicted octanol–water partition coefficient (Wildman–Crippen LogP) is 4.23. The van der Waals surface area contributed by atoms with E-state index in [1.807, 2.05) is 11.8 Å². The Labute approximate surface area is 234 Å². The van der Waals surface area contributed by atoms with Crippen LogP contribution >= 0.6 is 22.9 Å². The van der Waals surface area contributed by atoms with Gasteiger partial charge in [0.25, 0.3) is 11.8 Å². The molecule has 1 aliphatic heterocycles. The Bertz CT molecular complexity index is 1180. The molecule has 212 valence electrons. The van der Waals surface area contributed by atoms with Crippen LogP contribution in [0.4, 0.5) is 20.2 Å². The van der Waals surface area contributed by atoms with Crippen LogP contribution in [0, 0.1) is 5.92 Å². The molecule has 2 heterocycles. The van der Waals surface area contributed by atoms with Gasteiger partial charge in [-0.1, -0.05) is 24.9 Å². The Morgan fingerprint density at radius 1 is 1.28 bits per heavy atom. The normalized spacial score (nSPS) is 16.8. The molecule has 9 nitrogen and oxygen atoms in total. The fourth-order valence-corrected chi connectivity index (χ4v) is 5.55. The average Bonchev–Trinajstić information content (AvgIpc) is 3.31. The molecular formula is C26H31ClF2N4O5S. The van der Waals surface area contributed by atoms with Crippen molar-refractivity contribution in [1.82, 2.24) is 10.2 Å². The Balaban J connectivity index is 1.52. The minimum Gasteiger partial charge on any atom is -0.433 e. The van der Waals surface area contributed by atoms with Crippen molar-refractivity contribution >= 4 is 52.0 Å². The van der Waals surface area contributed by atoms with Gasteiger partial charge in [0.1, 0.15) is 12.6 Å². The van der Waals surface area contributed by atoms with E-state index in [0.717, 1.165) is 30.6 Å². The van der Waals surface area contributed by atoms with E-state index in [1.165, 1.54) is 23.1 Å². The topological polar surface area (TPSA) is 100 Å². The van der Waals surface area contributed by atoms with Crippen LogP contribution in [0.5, 0.6) is 5.75 Å². The third-order valence-electron chi connectivity index (χ3n) is 6.84. The number of amides is 3. The molecular weight excluding hydrogens is 554 g/mol. The Morgan fingerprint density at radius 2 is 2.08 bits per heavy atom. The summed E-state index contributed by atoms with van der Waals surface area (Å²) in [6, 6.07) is 6.80. The van der Waals surface area contributed by atoms with E-state index in [2.05, 4.69) is 10.6 Å². The summed E-state index contributed by atoms with van der Waals surface area (Å²) >= 11 is 7.10. The van der Waals surface area contributed by atoms with Crippen molar-refractivity contribution in [2.45, 2.75) is 38.8 Å². The molecule has 1 aliphatic carbocycles. The number of hydrogen-bond acceptors (Lipinski definition) is 7. The average molecular weight is 585 g/mol. The number of nitrogens with one attached hydrogen (secondary N) is 2. The number of morpholine rings is 1. The van der Waals surface area contributed by atoms with Gasteiger partial charge in [-0.25, -0.2) is 0 Å². The number of likely N-dealkylation sites (N-methyl/N-ethyl adjacent to an activating group) is 1. The Hall–Kier alpha value is -2.80. The van der Waals surface area contributed by atoms with Gasteiger partial charge < -0.3 is 25.0 Å². The summed E-state index contributed by atoms with van der Waals surface area (Å²) in [6.45, 7) is 0.429. The number of nitrogens with zero attached hydrogens (tertiary/aromatic N) is 2. The number of carbonyl (C=O) groups is 3. The van der Waals surface area contributed by atoms with Crippen LogP contribution in [0.15, 0.2) is 30.3 Å². The standard InChI is InChI=1S/C26H31ClF2N4O5S/c1-2-32(14-16-4-3-5-16)19(13-30-25(36)21-8-9-22(27)39-21)24(35)31-17-6-7-18(20(12-17)38-26(28)29)33-10-11-37-15-23(33)34/h6-9,12,16,19,26H,2-5,10-11,13-15H2,1H3,(H,30,36)(H,31,35)/t19-/m0/s1. The van der Waals surface area contributed by atoms with Gasteiger partial charge in [-0.2, -0.15) is 8.78 Å². The molecule has 0 radical (unpaired) electrons. The molecule has 39 heavy (non-hydrogen) atoms. The molecule has 13 heteroatoms. The zero-order chi connectivity index (χ0) is 27.9. The third-order valence-corrected chi connectivity index (χ3v) is 8.07. The van der Waals surface area contributed by atoms with Crippen LogP contribution in [0.2, 0.25) is 4.34 Å². The van der Waals surface area contributed by atoms with Gasteiger partial charge >= 0.3 is 6.61 Å². The lowest BCUT2D eigenvalue weighted by Crippen LogP contribution is -2.52. The first kappa shape index (κ1) is 29.2. The highest BCUT2D eigenvalue weighted by molar-refractivity contribution is 7.18. The summed E-state index contributed by atoms with van der Waals surface area (Å²) < 4.78 is 36.8. The summed E-state index contributed by atoms with van der Waals surface area (Å²) in [5.74, 6) is -0.882. The molecule has 0 spiro atoms. The minimum atomic E-state index is -3.13. The van der Waals surface area contributed by atoms with Crippen molar-refractivity contribution < 1.29 is 32.6 Å². The first-order valence-electron chi connectivity index (χ1n) is 12.8. The molecule has 4 rings (SSSR count). The number of hydrogen-bond donors (Lipinski definition) is 2. The maximum absolute atomic E-state index is 13.5. The van der Waals surface area contributed by atoms with Crippen LogP contribution < -0.4 is 20.3 Å². The van der Waals surface area contributed by atoms with Crippen molar-refractivity contribution in [3.63, 3.8) is 0 Å². The van der Waals surface area contributed by atoms with Gasteiger partial charge in [0.15, 0.2) is 5.75 Å². The minimum absolute atomic E-state index is 0.0432. The quantitative estimate of drug-likeness (QED) is 0.387. The number of alkyl halides is 2. The monoisotopic (exact) mass is 584 g/mol. The zero-order valence-electron chi connectivity index (χ0n) is 21.5. The molecule has 1 saturated heterocycles. The molecule has 0 unspecified atom stereocenters. The number of rotatable bonds is 12. The van der Waals surface area contributed by atoms with Crippen molar-refractivity contribution in [2.24, 2.45) is 5.92 Å². The summed E-state index contributed by atoms with van der Waals surface area (Å²) in [6.07, 6.45) is 3.32. The molecule has 3 amide bonds. The summed E-state index contributed by atoms with van der Waals surface area (Å²) in [5.41, 5.74) is 0.390. The number of anilines is 2. The van der Waals surface area contributed by atoms with Crippen LogP contribution in [0.3, 0.4) is 0 Å². The van der Waals surface area contributed by atoms with Crippen molar-refractivity contribution in [3.05, 3.63) is 39.5 Å². The molecule has 1 saturated carbocycles. The molecule has 0 bridgehead atoms. The number of carbonyl (C=O) groups excluding carboxylic acids is 3. The third kappa shape index (κ3) is 7.65. The van der Waals surface area contributed by atoms with E-state index in [4.69, 9.17) is 21.1 Å². The molecule has 1 aromatic carbocycles. The van der Waals surface area contributed by atoms with E-state index in [1.54, 1.807) is 12.1 Å². The van der Waals surface area contributed by atoms with E-state index in [-0.39, 0.29) is 55.2 Å². The molecule has 2 N–H and O–H groups in total. The van der Waals surface area contributed by atoms with Crippen LogP contribution in [-0.4, -0.2) is 74.7 Å². The zero-order valence-corrected chi connectivity index (χ0v) is 23.0. The summed E-state index contributed by atoms with van der Waals surface area (Å²) in [4.78, 5) is 42.2. The number of halogens is 3. The second kappa shape index (κ2) is 13.5. The highest BCUT2D eigenvalue weighted by Gasteiger charge is 2.31. The fraction of sp³-hybridized carbons (Fsp3) is 0.500. The van der Waals surface area contributed by atoms with Crippen LogP contribution in [-0.2, 0) is 14.3 Å². The second-order valence-corrected chi connectivity index (χ2v) is 11.1. The Kier molecular flexibility index (Phi) is 10.1. The summed E-state index contributed by atoms with van der Waals surface area (Å²) in [5, 5.41) is 5.61. The lowest BCUT2D eigenvalue weighted by atomic mass is 9.85. The molecule has 2 aliphatic rings. The van der Waals surface area contributed by atoms with E-state index in [0.29, 0.717) is 28.2 Å². The second-order valence-electron chi connectivity index (χ2n) is 9.36. The predicted molar refractivity (Wildman–Crippen MR) is 145 cm³/mol. The van der Waals surface area contributed by atoms with Gasteiger partial charge in [-0.15, -0.1) is 11.3 Å². The number of ether oxygens (including phenoxy) is 2. The molecule has 2 fully saturated rings. The van der Waals surface area contributed by atoms with Crippen molar-refractivity contribution in [2.75, 3.05) is 49.6 Å². The largest absolute Gasteiger partial charge is 0.433 e. The first-order chi connectivity index (χ1) is 18.7. The van der Waals surface area contributed by atoms with Gasteiger partial charge in [-0.05, 0) is 49.6 Å². The molecule has 2 aromatic rings. The molecule has 1 atom stereocenters. The first-order valence-corrected chi connectivity index (χ1v) is 14.0. The van der Waals surface area contributed by atoms with Gasteiger partial charge in [0, 0.05) is 31.4 Å². The SMILES string of the molecule is CCN(CC1CCC1)[C@@H](CNC(=O)c1ccc(Cl)s1)C(=O)Nc1ccc(N2CCOCC2=O)c(OC(F)F)c1. The smallest absolute Gasteiger partial charge is 0.387 e. The van der Waals surface area contributed by atoms with Crippen LogP contribution in [0.1, 0.15) is 35.9 Å². The van der Waals surface area contributed by atoms with E-state index in [9.17, 15) is 23.2 Å². The lowest BCUT2D eigenvalue weighted by Gasteiger charge is -2.36. The number of benzene rings is 1. The lowest BCUT2D eigenvalue weighted by molar-refractivity contribution is -0.126. The van der Waals surface area contributed by atoms with Gasteiger partial charge in [0.05, 0.1) is 21.5 Å². The number of thiophene rings is 1. The van der Waals surface area contributed by atoms with Gasteiger partial charge in [0.2, 0.25) is 5.91 Å². The summed E-state index contributed by atoms with van der Waals surface area (Å²) in [7, 11) is 0. The maximum Gasteiger partial charge on any atom is 0.387 e. The van der Waals surface area contributed by atoms with E-state index < -0.39 is 18.6 Å². The van der Waals surface area contributed by atoms with Crippen molar-refractivity contribution in [3.8, 4) is 5.75 Å². The van der Waals surface area contributed by atoms with Crippen molar-refractivity contribution in [1.29, 1.82) is 0 Å². The maximum atomic E-state index is 13.5. The fourth-order valence-electron chi connectivity index (χ4n) is 4.59. The molecule has 1 aromatic heterocycles. The Morgan fingerprint density at radius 3 is 2.69 bits per heavy atom. The highest BCUT2D eigenvalue weighted by Crippen LogP contribution is 2.34.